The Morgan fingerprint density at radius 3 is 2.53 bits per heavy atom. The highest BCUT2D eigenvalue weighted by Gasteiger charge is 2.27. The second-order valence-corrected chi connectivity index (χ2v) is 7.08. The number of benzene rings is 1. The largest absolute Gasteiger partial charge is 0.379 e. The van der Waals surface area contributed by atoms with Gasteiger partial charge in [0.2, 0.25) is 10.0 Å². The van der Waals surface area contributed by atoms with E-state index in [9.17, 15) is 8.42 Å². The number of nitrogens with zero attached hydrogens (tertiary/aromatic N) is 1. The van der Waals surface area contributed by atoms with Gasteiger partial charge in [-0.3, -0.25) is 0 Å². The Hall–Kier alpha value is -0.180. The van der Waals surface area contributed by atoms with Crippen molar-refractivity contribution in [1.82, 2.24) is 4.31 Å². The molecule has 1 aromatic carbocycles. The van der Waals surface area contributed by atoms with Crippen LogP contribution in [-0.2, 0) is 14.8 Å². The molecule has 0 bridgehead atoms. The first-order chi connectivity index (χ1) is 8.01. The van der Waals surface area contributed by atoms with Crippen LogP contribution < -0.4 is 0 Å². The number of hydrogen-bond acceptors (Lipinski definition) is 3. The van der Waals surface area contributed by atoms with E-state index in [0.717, 1.165) is 9.13 Å². The minimum atomic E-state index is -3.36. The summed E-state index contributed by atoms with van der Waals surface area (Å²) in [7, 11) is -3.36. The van der Waals surface area contributed by atoms with Gasteiger partial charge >= 0.3 is 0 Å². The third kappa shape index (κ3) is 2.81. The predicted molar refractivity (Wildman–Crippen MR) is 73.5 cm³/mol. The molecule has 0 unspecified atom stereocenters. The first-order valence-corrected chi connectivity index (χ1v) is 7.88. The second-order valence-electron chi connectivity index (χ2n) is 3.93. The molecule has 94 valence electrons. The van der Waals surface area contributed by atoms with Crippen molar-refractivity contribution < 1.29 is 13.2 Å². The lowest BCUT2D eigenvalue weighted by atomic mass is 10.2. The van der Waals surface area contributed by atoms with Crippen LogP contribution in [0.2, 0.25) is 0 Å². The van der Waals surface area contributed by atoms with Crippen LogP contribution in [0.3, 0.4) is 0 Å². The fourth-order valence-corrected chi connectivity index (χ4v) is 4.09. The highest BCUT2D eigenvalue weighted by molar-refractivity contribution is 14.1. The van der Waals surface area contributed by atoms with E-state index in [1.165, 1.54) is 4.31 Å². The zero-order chi connectivity index (χ0) is 12.5. The summed E-state index contributed by atoms with van der Waals surface area (Å²) in [4.78, 5) is 0.403. The number of morpholine rings is 1. The first-order valence-electron chi connectivity index (χ1n) is 5.36. The summed E-state index contributed by atoms with van der Waals surface area (Å²) in [6.45, 7) is 3.66. The molecule has 1 aromatic rings. The maximum atomic E-state index is 12.4. The fraction of sp³-hybridized carbons (Fsp3) is 0.455. The summed E-state index contributed by atoms with van der Waals surface area (Å²) in [6.07, 6.45) is 0. The van der Waals surface area contributed by atoms with Crippen molar-refractivity contribution in [2.45, 2.75) is 11.8 Å². The Labute approximate surface area is 115 Å². The normalized spacial score (nSPS) is 18.2. The van der Waals surface area contributed by atoms with E-state index < -0.39 is 10.0 Å². The number of ether oxygens (including phenoxy) is 1. The van der Waals surface area contributed by atoms with Crippen LogP contribution in [0.4, 0.5) is 0 Å². The van der Waals surface area contributed by atoms with Gasteiger partial charge in [0.15, 0.2) is 0 Å². The highest BCUT2D eigenvalue weighted by Crippen LogP contribution is 2.22. The number of aryl methyl sites for hydroxylation is 1. The van der Waals surface area contributed by atoms with Crippen molar-refractivity contribution in [2.75, 3.05) is 26.3 Å². The highest BCUT2D eigenvalue weighted by atomic mass is 127. The van der Waals surface area contributed by atoms with E-state index in [1.54, 1.807) is 6.07 Å². The van der Waals surface area contributed by atoms with Crippen molar-refractivity contribution in [3.05, 3.63) is 27.3 Å². The van der Waals surface area contributed by atoms with Crippen molar-refractivity contribution in [2.24, 2.45) is 0 Å². The molecule has 0 aromatic heterocycles. The fourth-order valence-electron chi connectivity index (χ4n) is 1.83. The lowest BCUT2D eigenvalue weighted by Crippen LogP contribution is -2.40. The van der Waals surface area contributed by atoms with Crippen molar-refractivity contribution in [1.29, 1.82) is 0 Å². The molecule has 0 aliphatic carbocycles. The average molecular weight is 367 g/mol. The molecule has 4 nitrogen and oxygen atoms in total. The Morgan fingerprint density at radius 1 is 1.29 bits per heavy atom. The van der Waals surface area contributed by atoms with Crippen molar-refractivity contribution in [3.8, 4) is 0 Å². The number of hydrogen-bond donors (Lipinski definition) is 0. The smallest absolute Gasteiger partial charge is 0.243 e. The molecule has 0 spiro atoms. The molecule has 1 heterocycles. The van der Waals surface area contributed by atoms with Crippen LogP contribution in [0.5, 0.6) is 0 Å². The molecule has 17 heavy (non-hydrogen) atoms. The molecule has 1 aliphatic rings. The third-order valence-corrected chi connectivity index (χ3v) is 5.45. The van der Waals surface area contributed by atoms with Crippen LogP contribution in [0.25, 0.3) is 0 Å². The molecular formula is C11H14INO3S. The summed E-state index contributed by atoms with van der Waals surface area (Å²) >= 11 is 2.18. The van der Waals surface area contributed by atoms with Gasteiger partial charge in [0, 0.05) is 16.7 Å². The average Bonchev–Trinajstić information content (AvgIpc) is 2.29. The van der Waals surface area contributed by atoms with Crippen LogP contribution in [-0.4, -0.2) is 39.0 Å². The van der Waals surface area contributed by atoms with E-state index in [4.69, 9.17) is 4.74 Å². The first kappa shape index (κ1) is 13.3. The zero-order valence-electron chi connectivity index (χ0n) is 9.52. The summed E-state index contributed by atoms with van der Waals surface area (Å²) in [5.74, 6) is 0. The van der Waals surface area contributed by atoms with E-state index in [0.29, 0.717) is 31.2 Å². The Balaban J connectivity index is 2.37. The van der Waals surface area contributed by atoms with Gasteiger partial charge in [-0.15, -0.1) is 0 Å². The van der Waals surface area contributed by atoms with Gasteiger partial charge in [-0.25, -0.2) is 8.42 Å². The molecule has 0 atom stereocenters. The molecule has 6 heteroatoms. The summed E-state index contributed by atoms with van der Waals surface area (Å²) in [6, 6.07) is 5.39. The molecule has 0 saturated carbocycles. The molecule has 2 rings (SSSR count). The minimum Gasteiger partial charge on any atom is -0.379 e. The lowest BCUT2D eigenvalue weighted by molar-refractivity contribution is 0.0730. The SMILES string of the molecule is Cc1cc(I)ccc1S(=O)(=O)N1CCOCC1. The number of halogens is 1. The molecule has 0 amide bonds. The van der Waals surface area contributed by atoms with E-state index in [1.807, 2.05) is 19.1 Å². The molecule has 0 N–H and O–H groups in total. The van der Waals surface area contributed by atoms with E-state index in [2.05, 4.69) is 22.6 Å². The Bertz CT molecular complexity index is 509. The van der Waals surface area contributed by atoms with Crippen molar-refractivity contribution in [3.63, 3.8) is 0 Å². The number of sulfonamides is 1. The van der Waals surface area contributed by atoms with Gasteiger partial charge in [0.25, 0.3) is 0 Å². The second kappa shape index (κ2) is 5.21. The quantitative estimate of drug-likeness (QED) is 0.747. The predicted octanol–water partition coefficient (Wildman–Crippen LogP) is 1.62. The minimum absolute atomic E-state index is 0.403. The van der Waals surface area contributed by atoms with E-state index in [-0.39, 0.29) is 0 Å². The molecular weight excluding hydrogens is 353 g/mol. The maximum Gasteiger partial charge on any atom is 0.243 e. The zero-order valence-corrected chi connectivity index (χ0v) is 12.5. The van der Waals surface area contributed by atoms with Crippen LogP contribution in [0, 0.1) is 10.5 Å². The maximum absolute atomic E-state index is 12.4. The van der Waals surface area contributed by atoms with Gasteiger partial charge in [-0.05, 0) is 53.3 Å². The van der Waals surface area contributed by atoms with Gasteiger partial charge in [0.1, 0.15) is 0 Å². The topological polar surface area (TPSA) is 46.6 Å². The molecule has 1 saturated heterocycles. The summed E-state index contributed by atoms with van der Waals surface area (Å²) in [5.41, 5.74) is 0.795. The van der Waals surface area contributed by atoms with Gasteiger partial charge in [-0.1, -0.05) is 0 Å². The van der Waals surface area contributed by atoms with Crippen LogP contribution in [0.15, 0.2) is 23.1 Å². The van der Waals surface area contributed by atoms with Crippen LogP contribution in [0.1, 0.15) is 5.56 Å². The van der Waals surface area contributed by atoms with Crippen molar-refractivity contribution >= 4 is 32.6 Å². The Kier molecular flexibility index (Phi) is 4.06. The standard InChI is InChI=1S/C11H14INO3S/c1-9-8-10(12)2-3-11(9)17(14,15)13-4-6-16-7-5-13/h2-3,8H,4-7H2,1H3. The van der Waals surface area contributed by atoms with Crippen LogP contribution >= 0.6 is 22.6 Å². The van der Waals surface area contributed by atoms with Gasteiger partial charge in [-0.2, -0.15) is 4.31 Å². The lowest BCUT2D eigenvalue weighted by Gasteiger charge is -2.26. The van der Waals surface area contributed by atoms with Gasteiger partial charge in [0.05, 0.1) is 18.1 Å². The number of rotatable bonds is 2. The summed E-state index contributed by atoms with van der Waals surface area (Å²) < 4.78 is 32.5. The van der Waals surface area contributed by atoms with E-state index >= 15 is 0 Å². The molecule has 0 radical (unpaired) electrons. The van der Waals surface area contributed by atoms with Gasteiger partial charge < -0.3 is 4.74 Å². The Morgan fingerprint density at radius 2 is 1.94 bits per heavy atom. The molecule has 1 aliphatic heterocycles. The third-order valence-electron chi connectivity index (χ3n) is 2.72. The molecule has 1 fully saturated rings. The monoisotopic (exact) mass is 367 g/mol. The summed E-state index contributed by atoms with van der Waals surface area (Å²) in [5, 5.41) is 0.